The minimum atomic E-state index is -0.00354. The summed E-state index contributed by atoms with van der Waals surface area (Å²) in [6, 6.07) is 0.0184. The average molecular weight is 293 g/mol. The van der Waals surface area contributed by atoms with Gasteiger partial charge in [-0.2, -0.15) is 0 Å². The molecule has 1 aromatic rings. The zero-order chi connectivity index (χ0) is 15.4. The number of aromatic amines is 1. The summed E-state index contributed by atoms with van der Waals surface area (Å²) in [4.78, 5) is 36.5. The first kappa shape index (κ1) is 15.3. The molecular formula is C14H23N5O2. The number of urea groups is 1. The quantitative estimate of drug-likeness (QED) is 0.894. The van der Waals surface area contributed by atoms with Gasteiger partial charge in [0.15, 0.2) is 0 Å². The molecule has 3 amide bonds. The maximum absolute atomic E-state index is 12.4. The Morgan fingerprint density at radius 1 is 1.33 bits per heavy atom. The summed E-state index contributed by atoms with van der Waals surface area (Å²) in [5.41, 5.74) is 0. The number of likely N-dealkylation sites (tertiary alicyclic amines) is 1. The molecule has 1 aliphatic rings. The molecular weight excluding hydrogens is 270 g/mol. The van der Waals surface area contributed by atoms with E-state index >= 15 is 0 Å². The first-order chi connectivity index (χ1) is 9.99. The molecule has 116 valence electrons. The van der Waals surface area contributed by atoms with Crippen molar-refractivity contribution in [3.63, 3.8) is 0 Å². The van der Waals surface area contributed by atoms with Crippen LogP contribution in [0.2, 0.25) is 0 Å². The number of nitrogens with one attached hydrogen (secondary N) is 1. The third kappa shape index (κ3) is 3.74. The van der Waals surface area contributed by atoms with E-state index in [4.69, 9.17) is 0 Å². The van der Waals surface area contributed by atoms with E-state index in [1.165, 1.54) is 0 Å². The second kappa shape index (κ2) is 6.60. The molecule has 1 N–H and O–H groups in total. The van der Waals surface area contributed by atoms with Crippen LogP contribution in [0.15, 0.2) is 12.4 Å². The van der Waals surface area contributed by atoms with Gasteiger partial charge in [-0.05, 0) is 12.8 Å². The van der Waals surface area contributed by atoms with Gasteiger partial charge in [-0.3, -0.25) is 4.79 Å². The Bertz CT molecular complexity index is 478. The number of carbonyl (C=O) groups is 2. The summed E-state index contributed by atoms with van der Waals surface area (Å²) in [5, 5.41) is 0. The lowest BCUT2D eigenvalue weighted by Crippen LogP contribution is -2.46. The van der Waals surface area contributed by atoms with Gasteiger partial charge in [-0.1, -0.05) is 0 Å². The molecule has 0 radical (unpaired) electrons. The zero-order valence-electron chi connectivity index (χ0n) is 12.9. The predicted molar refractivity (Wildman–Crippen MR) is 78.4 cm³/mol. The smallest absolute Gasteiger partial charge is 0.319 e. The SMILES string of the molecule is CN(C)C(=O)N1CCC(C(=O)N(C)Cc2ncc[nH]2)CC1. The van der Waals surface area contributed by atoms with Crippen LogP contribution in [-0.4, -0.2) is 70.8 Å². The molecule has 0 saturated carbocycles. The fraction of sp³-hybridized carbons (Fsp3) is 0.643. The molecule has 1 aromatic heterocycles. The largest absolute Gasteiger partial charge is 0.347 e. The van der Waals surface area contributed by atoms with Gasteiger partial charge in [0.2, 0.25) is 5.91 Å². The van der Waals surface area contributed by atoms with Gasteiger partial charge < -0.3 is 19.7 Å². The van der Waals surface area contributed by atoms with E-state index in [1.54, 1.807) is 48.2 Å². The Morgan fingerprint density at radius 2 is 2.00 bits per heavy atom. The van der Waals surface area contributed by atoms with Crippen LogP contribution in [0.3, 0.4) is 0 Å². The van der Waals surface area contributed by atoms with Gasteiger partial charge >= 0.3 is 6.03 Å². The fourth-order valence-corrected chi connectivity index (χ4v) is 2.60. The molecule has 21 heavy (non-hydrogen) atoms. The second-order valence-electron chi connectivity index (χ2n) is 5.67. The van der Waals surface area contributed by atoms with Crippen molar-refractivity contribution in [3.05, 3.63) is 18.2 Å². The Morgan fingerprint density at radius 3 is 2.52 bits per heavy atom. The van der Waals surface area contributed by atoms with Gasteiger partial charge in [0, 0.05) is 52.5 Å². The lowest BCUT2D eigenvalue weighted by molar-refractivity contribution is -0.136. The molecule has 0 atom stereocenters. The number of hydrogen-bond acceptors (Lipinski definition) is 3. The molecule has 0 bridgehead atoms. The first-order valence-electron chi connectivity index (χ1n) is 7.18. The summed E-state index contributed by atoms with van der Waals surface area (Å²) in [7, 11) is 5.29. The predicted octanol–water partition coefficient (Wildman–Crippen LogP) is 0.762. The topological polar surface area (TPSA) is 72.5 Å². The molecule has 7 nitrogen and oxygen atoms in total. The van der Waals surface area contributed by atoms with Crippen LogP contribution >= 0.6 is 0 Å². The highest BCUT2D eigenvalue weighted by molar-refractivity contribution is 5.79. The second-order valence-corrected chi connectivity index (χ2v) is 5.67. The fourth-order valence-electron chi connectivity index (χ4n) is 2.60. The van der Waals surface area contributed by atoms with E-state index in [0.717, 1.165) is 18.7 Å². The number of aromatic nitrogens is 2. The molecule has 0 spiro atoms. The molecule has 1 aliphatic heterocycles. The van der Waals surface area contributed by atoms with Gasteiger partial charge in [0.25, 0.3) is 0 Å². The molecule has 7 heteroatoms. The molecule has 1 saturated heterocycles. The number of amides is 3. The lowest BCUT2D eigenvalue weighted by atomic mass is 9.95. The number of imidazole rings is 1. The summed E-state index contributed by atoms with van der Waals surface area (Å²) in [6.07, 6.45) is 4.87. The highest BCUT2D eigenvalue weighted by atomic mass is 16.2. The van der Waals surface area contributed by atoms with Gasteiger partial charge in [0.1, 0.15) is 5.82 Å². The number of rotatable bonds is 3. The van der Waals surface area contributed by atoms with Gasteiger partial charge in [-0.25, -0.2) is 9.78 Å². The minimum absolute atomic E-state index is 0.00354. The van der Waals surface area contributed by atoms with Crippen molar-refractivity contribution in [2.45, 2.75) is 19.4 Å². The minimum Gasteiger partial charge on any atom is -0.347 e. The number of nitrogens with zero attached hydrogens (tertiary/aromatic N) is 4. The van der Waals surface area contributed by atoms with Crippen molar-refractivity contribution >= 4 is 11.9 Å². The highest BCUT2D eigenvalue weighted by Gasteiger charge is 2.29. The molecule has 2 heterocycles. The zero-order valence-corrected chi connectivity index (χ0v) is 12.9. The Kier molecular flexibility index (Phi) is 4.82. The van der Waals surface area contributed by atoms with E-state index in [-0.39, 0.29) is 17.9 Å². The van der Waals surface area contributed by atoms with Crippen molar-refractivity contribution in [2.75, 3.05) is 34.2 Å². The van der Waals surface area contributed by atoms with E-state index < -0.39 is 0 Å². The Balaban J connectivity index is 1.84. The molecule has 1 fully saturated rings. The van der Waals surface area contributed by atoms with Crippen LogP contribution in [0.5, 0.6) is 0 Å². The van der Waals surface area contributed by atoms with Crippen LogP contribution < -0.4 is 0 Å². The summed E-state index contributed by atoms with van der Waals surface area (Å²) < 4.78 is 0. The van der Waals surface area contributed by atoms with Crippen molar-refractivity contribution in [3.8, 4) is 0 Å². The highest BCUT2D eigenvalue weighted by Crippen LogP contribution is 2.20. The average Bonchev–Trinajstić information content (AvgIpc) is 2.98. The number of piperidine rings is 1. The maximum Gasteiger partial charge on any atom is 0.319 e. The van der Waals surface area contributed by atoms with Crippen LogP contribution in [0.4, 0.5) is 4.79 Å². The van der Waals surface area contributed by atoms with Gasteiger partial charge in [0.05, 0.1) is 6.54 Å². The van der Waals surface area contributed by atoms with E-state index in [2.05, 4.69) is 9.97 Å². The Labute approximate surface area is 124 Å². The number of H-pyrrole nitrogens is 1. The normalized spacial score (nSPS) is 15.9. The van der Waals surface area contributed by atoms with Crippen molar-refractivity contribution in [2.24, 2.45) is 5.92 Å². The third-order valence-corrected chi connectivity index (χ3v) is 3.82. The van der Waals surface area contributed by atoms with Crippen LogP contribution in [0.25, 0.3) is 0 Å². The Hall–Kier alpha value is -2.05. The monoisotopic (exact) mass is 293 g/mol. The van der Waals surface area contributed by atoms with Crippen molar-refractivity contribution < 1.29 is 9.59 Å². The molecule has 0 unspecified atom stereocenters. The van der Waals surface area contributed by atoms with Crippen LogP contribution in [0, 0.1) is 5.92 Å². The summed E-state index contributed by atoms with van der Waals surface area (Å²) in [5.74, 6) is 0.908. The van der Waals surface area contributed by atoms with E-state index in [1.807, 2.05) is 0 Å². The van der Waals surface area contributed by atoms with Gasteiger partial charge in [-0.15, -0.1) is 0 Å². The standard InChI is InChI=1S/C14H23N5O2/c1-17(2)14(21)19-8-4-11(5-9-19)13(20)18(3)10-12-15-6-7-16-12/h6-7,11H,4-5,8-10H2,1-3H3,(H,15,16). The third-order valence-electron chi connectivity index (χ3n) is 3.82. The maximum atomic E-state index is 12.4. The molecule has 2 rings (SSSR count). The first-order valence-corrected chi connectivity index (χ1v) is 7.18. The molecule has 0 aliphatic carbocycles. The van der Waals surface area contributed by atoms with E-state index in [9.17, 15) is 9.59 Å². The number of hydrogen-bond donors (Lipinski definition) is 1. The van der Waals surface area contributed by atoms with Crippen LogP contribution in [-0.2, 0) is 11.3 Å². The van der Waals surface area contributed by atoms with Crippen molar-refractivity contribution in [1.82, 2.24) is 24.7 Å². The molecule has 0 aromatic carbocycles. The summed E-state index contributed by atoms with van der Waals surface area (Å²) >= 11 is 0. The van der Waals surface area contributed by atoms with E-state index in [0.29, 0.717) is 19.6 Å². The number of carbonyl (C=O) groups excluding carboxylic acids is 2. The summed E-state index contributed by atoms with van der Waals surface area (Å²) in [6.45, 7) is 1.77. The van der Waals surface area contributed by atoms with Crippen molar-refractivity contribution in [1.29, 1.82) is 0 Å². The lowest BCUT2D eigenvalue weighted by Gasteiger charge is -2.34. The van der Waals surface area contributed by atoms with Crippen LogP contribution in [0.1, 0.15) is 18.7 Å².